The number of hydrogen-bond donors (Lipinski definition) is 1. The third-order valence-corrected chi connectivity index (χ3v) is 3.99. The Bertz CT molecular complexity index is 372. The zero-order valence-electron chi connectivity index (χ0n) is 9.63. The fourth-order valence-corrected chi connectivity index (χ4v) is 3.02. The molecule has 2 nitrogen and oxygen atoms in total. The minimum atomic E-state index is 0.0796. The van der Waals surface area contributed by atoms with Gasteiger partial charge in [-0.05, 0) is 18.9 Å². The van der Waals surface area contributed by atoms with Crippen LogP contribution >= 0.6 is 11.6 Å². The fraction of sp³-hybridized carbons (Fsp3) is 0.538. The summed E-state index contributed by atoms with van der Waals surface area (Å²) < 4.78 is 5.43. The van der Waals surface area contributed by atoms with Crippen molar-refractivity contribution in [2.75, 3.05) is 13.7 Å². The molecule has 88 valence electrons. The molecular formula is C13H18ClNO. The second kappa shape index (κ2) is 4.64. The lowest BCUT2D eigenvalue weighted by molar-refractivity contribution is 0.378. The van der Waals surface area contributed by atoms with Crippen molar-refractivity contribution in [3.8, 4) is 5.75 Å². The minimum Gasteiger partial charge on any atom is -0.495 e. The zero-order valence-corrected chi connectivity index (χ0v) is 10.4. The molecule has 2 N–H and O–H groups in total. The molecule has 1 aliphatic carbocycles. The van der Waals surface area contributed by atoms with Gasteiger partial charge in [-0.15, -0.1) is 0 Å². The van der Waals surface area contributed by atoms with Gasteiger partial charge in [-0.3, -0.25) is 0 Å². The van der Waals surface area contributed by atoms with Crippen molar-refractivity contribution in [3.63, 3.8) is 0 Å². The second-order valence-corrected chi connectivity index (χ2v) is 4.92. The van der Waals surface area contributed by atoms with E-state index >= 15 is 0 Å². The molecule has 0 heterocycles. The highest BCUT2D eigenvalue weighted by Crippen LogP contribution is 2.45. The van der Waals surface area contributed by atoms with E-state index in [4.69, 9.17) is 22.1 Å². The van der Waals surface area contributed by atoms with Gasteiger partial charge >= 0.3 is 0 Å². The lowest BCUT2D eigenvalue weighted by Gasteiger charge is -2.29. The van der Waals surface area contributed by atoms with E-state index in [0.29, 0.717) is 11.6 Å². The van der Waals surface area contributed by atoms with Crippen LogP contribution in [-0.2, 0) is 5.41 Å². The van der Waals surface area contributed by atoms with Gasteiger partial charge in [0.05, 0.1) is 12.1 Å². The first kappa shape index (κ1) is 11.7. The van der Waals surface area contributed by atoms with Gasteiger partial charge in [-0.2, -0.15) is 0 Å². The highest BCUT2D eigenvalue weighted by atomic mass is 35.5. The number of nitrogens with two attached hydrogens (primary N) is 1. The van der Waals surface area contributed by atoms with Crippen LogP contribution in [0.3, 0.4) is 0 Å². The molecule has 2 rings (SSSR count). The lowest BCUT2D eigenvalue weighted by atomic mass is 9.78. The molecule has 1 aromatic rings. The van der Waals surface area contributed by atoms with E-state index in [1.165, 1.54) is 18.4 Å². The number of para-hydroxylation sites is 1. The van der Waals surface area contributed by atoms with Crippen molar-refractivity contribution in [2.45, 2.75) is 31.1 Å². The largest absolute Gasteiger partial charge is 0.495 e. The molecule has 0 saturated heterocycles. The van der Waals surface area contributed by atoms with E-state index in [9.17, 15) is 0 Å². The summed E-state index contributed by atoms with van der Waals surface area (Å²) in [7, 11) is 1.67. The van der Waals surface area contributed by atoms with Gasteiger partial charge in [-0.25, -0.2) is 0 Å². The molecule has 1 aromatic carbocycles. The standard InChI is InChI=1S/C13H18ClNO/c1-16-12-10(5-4-6-11(12)14)13(9-15)7-2-3-8-13/h4-6H,2-3,7-9,15H2,1H3. The summed E-state index contributed by atoms with van der Waals surface area (Å²) >= 11 is 6.16. The number of hydrogen-bond acceptors (Lipinski definition) is 2. The predicted octanol–water partition coefficient (Wildman–Crippen LogP) is 3.12. The summed E-state index contributed by atoms with van der Waals surface area (Å²) in [5, 5.41) is 0.680. The maximum atomic E-state index is 6.16. The van der Waals surface area contributed by atoms with E-state index in [0.717, 1.165) is 18.6 Å². The number of ether oxygens (including phenoxy) is 1. The Morgan fingerprint density at radius 2 is 2.06 bits per heavy atom. The molecule has 0 radical (unpaired) electrons. The quantitative estimate of drug-likeness (QED) is 0.880. The normalized spacial score (nSPS) is 18.7. The van der Waals surface area contributed by atoms with E-state index in [1.54, 1.807) is 7.11 Å². The van der Waals surface area contributed by atoms with Gasteiger partial charge in [0.2, 0.25) is 0 Å². The molecule has 0 aliphatic heterocycles. The first-order valence-electron chi connectivity index (χ1n) is 5.76. The smallest absolute Gasteiger partial charge is 0.141 e. The van der Waals surface area contributed by atoms with E-state index in [-0.39, 0.29) is 5.41 Å². The molecule has 0 aromatic heterocycles. The average molecular weight is 240 g/mol. The molecular weight excluding hydrogens is 222 g/mol. The number of halogens is 1. The van der Waals surface area contributed by atoms with Gasteiger partial charge in [0.25, 0.3) is 0 Å². The maximum Gasteiger partial charge on any atom is 0.141 e. The highest BCUT2D eigenvalue weighted by molar-refractivity contribution is 6.32. The van der Waals surface area contributed by atoms with E-state index < -0.39 is 0 Å². The third-order valence-electron chi connectivity index (χ3n) is 3.69. The average Bonchev–Trinajstić information content (AvgIpc) is 2.78. The van der Waals surface area contributed by atoms with Gasteiger partial charge in [0.15, 0.2) is 0 Å². The summed E-state index contributed by atoms with van der Waals surface area (Å²) in [6.07, 6.45) is 4.76. The monoisotopic (exact) mass is 239 g/mol. The van der Waals surface area contributed by atoms with Crippen LogP contribution in [0.15, 0.2) is 18.2 Å². The van der Waals surface area contributed by atoms with Crippen LogP contribution in [0.5, 0.6) is 5.75 Å². The van der Waals surface area contributed by atoms with Gasteiger partial charge in [0, 0.05) is 17.5 Å². The van der Waals surface area contributed by atoms with Crippen LogP contribution in [0.1, 0.15) is 31.2 Å². The van der Waals surface area contributed by atoms with Crippen LogP contribution in [0.25, 0.3) is 0 Å². The minimum absolute atomic E-state index is 0.0796. The summed E-state index contributed by atoms with van der Waals surface area (Å²) in [6, 6.07) is 5.95. The van der Waals surface area contributed by atoms with E-state index in [2.05, 4.69) is 6.07 Å². The number of methoxy groups -OCH3 is 1. The van der Waals surface area contributed by atoms with Gasteiger partial charge in [0.1, 0.15) is 5.75 Å². The Balaban J connectivity index is 2.49. The van der Waals surface area contributed by atoms with Crippen molar-refractivity contribution < 1.29 is 4.74 Å². The highest BCUT2D eigenvalue weighted by Gasteiger charge is 2.36. The molecule has 1 saturated carbocycles. The summed E-state index contributed by atoms with van der Waals surface area (Å²) in [5.41, 5.74) is 7.24. The topological polar surface area (TPSA) is 35.2 Å². The van der Waals surface area contributed by atoms with Crippen LogP contribution in [0.2, 0.25) is 5.02 Å². The van der Waals surface area contributed by atoms with Crippen LogP contribution < -0.4 is 10.5 Å². The number of rotatable bonds is 3. The van der Waals surface area contributed by atoms with Crippen molar-refractivity contribution >= 4 is 11.6 Å². The van der Waals surface area contributed by atoms with Crippen molar-refractivity contribution in [1.82, 2.24) is 0 Å². The van der Waals surface area contributed by atoms with Crippen LogP contribution in [0, 0.1) is 0 Å². The van der Waals surface area contributed by atoms with Crippen LogP contribution in [-0.4, -0.2) is 13.7 Å². The fourth-order valence-electron chi connectivity index (χ4n) is 2.77. The molecule has 1 aliphatic rings. The van der Waals surface area contributed by atoms with E-state index in [1.807, 2.05) is 12.1 Å². The summed E-state index contributed by atoms with van der Waals surface area (Å²) in [4.78, 5) is 0. The molecule has 0 unspecified atom stereocenters. The Morgan fingerprint density at radius 3 is 2.62 bits per heavy atom. The molecule has 3 heteroatoms. The second-order valence-electron chi connectivity index (χ2n) is 4.51. The molecule has 1 fully saturated rings. The first-order chi connectivity index (χ1) is 7.73. The molecule has 0 amide bonds. The van der Waals surface area contributed by atoms with Gasteiger partial charge in [-0.1, -0.05) is 36.6 Å². The van der Waals surface area contributed by atoms with Gasteiger partial charge < -0.3 is 10.5 Å². The van der Waals surface area contributed by atoms with Crippen molar-refractivity contribution in [1.29, 1.82) is 0 Å². The Morgan fingerprint density at radius 1 is 1.38 bits per heavy atom. The predicted molar refractivity (Wildman–Crippen MR) is 67.2 cm³/mol. The van der Waals surface area contributed by atoms with Crippen molar-refractivity contribution in [2.24, 2.45) is 5.73 Å². The maximum absolute atomic E-state index is 6.16. The third kappa shape index (κ3) is 1.80. The summed E-state index contributed by atoms with van der Waals surface area (Å²) in [5.74, 6) is 0.802. The van der Waals surface area contributed by atoms with Crippen molar-refractivity contribution in [3.05, 3.63) is 28.8 Å². The Hall–Kier alpha value is -0.730. The van der Waals surface area contributed by atoms with Crippen LogP contribution in [0.4, 0.5) is 0 Å². The zero-order chi connectivity index (χ0) is 11.6. The molecule has 0 atom stereocenters. The lowest BCUT2D eigenvalue weighted by Crippen LogP contribution is -2.32. The Kier molecular flexibility index (Phi) is 3.41. The number of benzene rings is 1. The molecule has 0 bridgehead atoms. The Labute approximate surface area is 102 Å². The molecule has 0 spiro atoms. The molecule has 16 heavy (non-hydrogen) atoms. The first-order valence-corrected chi connectivity index (χ1v) is 6.14. The summed E-state index contributed by atoms with van der Waals surface area (Å²) in [6.45, 7) is 0.670. The SMILES string of the molecule is COc1c(Cl)cccc1C1(CN)CCCC1.